The highest BCUT2D eigenvalue weighted by atomic mass is 16.4. The zero-order valence-electron chi connectivity index (χ0n) is 8.64. The Balaban J connectivity index is 2.54. The van der Waals surface area contributed by atoms with E-state index >= 15 is 0 Å². The van der Waals surface area contributed by atoms with E-state index in [4.69, 9.17) is 10.2 Å². The Morgan fingerprint density at radius 3 is 1.93 bits per heavy atom. The van der Waals surface area contributed by atoms with Crippen LogP contribution < -0.4 is 5.32 Å². The summed E-state index contributed by atoms with van der Waals surface area (Å²) in [5, 5.41) is 20.4. The average Bonchev–Trinajstić information content (AvgIpc) is 2.10. The number of carboxylic acid groups (broad SMARTS) is 2. The molecule has 0 radical (unpaired) electrons. The average molecular weight is 216 g/mol. The lowest BCUT2D eigenvalue weighted by Crippen LogP contribution is -2.56. The van der Waals surface area contributed by atoms with Gasteiger partial charge >= 0.3 is 11.9 Å². The van der Waals surface area contributed by atoms with Gasteiger partial charge in [-0.15, -0.1) is 0 Å². The van der Waals surface area contributed by atoms with Gasteiger partial charge in [-0.2, -0.15) is 0 Å². The minimum atomic E-state index is -0.857. The number of likely N-dealkylation sites (N-methyl/N-ethyl adjacent to an activating group) is 1. The van der Waals surface area contributed by atoms with Crippen LogP contribution in [-0.4, -0.2) is 59.3 Å². The molecule has 86 valence electrons. The largest absolute Gasteiger partial charge is 0.481 e. The number of piperazine rings is 1. The van der Waals surface area contributed by atoms with Gasteiger partial charge in [0.05, 0.1) is 12.8 Å². The molecule has 6 nitrogen and oxygen atoms in total. The van der Waals surface area contributed by atoms with E-state index in [2.05, 4.69) is 5.32 Å². The summed E-state index contributed by atoms with van der Waals surface area (Å²) in [5.41, 5.74) is 0. The third kappa shape index (κ3) is 3.49. The van der Waals surface area contributed by atoms with E-state index < -0.39 is 11.9 Å². The number of hydrogen-bond donors (Lipinski definition) is 3. The quantitative estimate of drug-likeness (QED) is 0.570. The van der Waals surface area contributed by atoms with Crippen LogP contribution in [0, 0.1) is 0 Å². The van der Waals surface area contributed by atoms with Crippen LogP contribution in [0.25, 0.3) is 0 Å². The first kappa shape index (κ1) is 11.9. The molecule has 0 spiro atoms. The Labute approximate surface area is 87.9 Å². The summed E-state index contributed by atoms with van der Waals surface area (Å²) in [6.07, 6.45) is 0.0826. The lowest BCUT2D eigenvalue weighted by Gasteiger charge is -2.38. The molecule has 3 N–H and O–H groups in total. The molecule has 0 bridgehead atoms. The van der Waals surface area contributed by atoms with Crippen LogP contribution in [0.4, 0.5) is 0 Å². The number of nitrogens with one attached hydrogen (secondary N) is 1. The third-order valence-corrected chi connectivity index (χ3v) is 2.73. The Bertz CT molecular complexity index is 232. The summed E-state index contributed by atoms with van der Waals surface area (Å²) in [6.45, 7) is 1.19. The fourth-order valence-corrected chi connectivity index (χ4v) is 1.84. The second-order valence-corrected chi connectivity index (χ2v) is 3.83. The number of rotatable bonds is 4. The molecule has 1 saturated heterocycles. The Kier molecular flexibility index (Phi) is 4.05. The van der Waals surface area contributed by atoms with Gasteiger partial charge in [-0.25, -0.2) is 0 Å². The summed E-state index contributed by atoms with van der Waals surface area (Å²) in [4.78, 5) is 23.0. The van der Waals surface area contributed by atoms with E-state index in [0.717, 1.165) is 0 Å². The number of carboxylic acids is 2. The minimum absolute atomic E-state index is 0.0413. The monoisotopic (exact) mass is 216 g/mol. The van der Waals surface area contributed by atoms with Gasteiger partial charge in [0.15, 0.2) is 0 Å². The van der Waals surface area contributed by atoms with Gasteiger partial charge in [0.2, 0.25) is 0 Å². The van der Waals surface area contributed by atoms with Gasteiger partial charge in [0.1, 0.15) is 0 Å². The number of hydrogen-bond acceptors (Lipinski definition) is 4. The molecular formula is C9H16N2O4. The molecule has 0 aliphatic carbocycles. The zero-order chi connectivity index (χ0) is 11.4. The van der Waals surface area contributed by atoms with Crippen molar-refractivity contribution >= 4 is 11.9 Å². The van der Waals surface area contributed by atoms with Crippen LogP contribution in [0.3, 0.4) is 0 Å². The van der Waals surface area contributed by atoms with Gasteiger partial charge in [-0.3, -0.25) is 14.5 Å². The van der Waals surface area contributed by atoms with Crippen molar-refractivity contribution < 1.29 is 19.8 Å². The number of carbonyl (C=O) groups is 2. The highest BCUT2D eigenvalue weighted by Gasteiger charge is 2.29. The molecule has 1 aliphatic heterocycles. The Hall–Kier alpha value is -1.14. The molecule has 6 heteroatoms. The highest BCUT2D eigenvalue weighted by Crippen LogP contribution is 2.13. The minimum Gasteiger partial charge on any atom is -0.481 e. The predicted octanol–water partition coefficient (Wildman–Crippen LogP) is -0.792. The van der Waals surface area contributed by atoms with Crippen molar-refractivity contribution in [1.82, 2.24) is 10.2 Å². The molecule has 0 aromatic rings. The van der Waals surface area contributed by atoms with Gasteiger partial charge in [-0.1, -0.05) is 0 Å². The van der Waals surface area contributed by atoms with Crippen molar-refractivity contribution in [3.8, 4) is 0 Å². The number of aliphatic carboxylic acids is 2. The Morgan fingerprint density at radius 1 is 1.20 bits per heavy atom. The number of nitrogens with zero attached hydrogens (tertiary/aromatic N) is 1. The summed E-state index contributed by atoms with van der Waals surface area (Å²) in [5.74, 6) is -1.71. The van der Waals surface area contributed by atoms with E-state index in [1.54, 1.807) is 7.05 Å². The van der Waals surface area contributed by atoms with Crippen molar-refractivity contribution in [2.75, 3.05) is 20.1 Å². The normalized spacial score (nSPS) is 27.5. The predicted molar refractivity (Wildman–Crippen MR) is 52.7 cm³/mol. The van der Waals surface area contributed by atoms with Crippen molar-refractivity contribution in [2.24, 2.45) is 0 Å². The summed E-state index contributed by atoms with van der Waals surface area (Å²) in [6, 6.07) is -0.249. The maximum absolute atomic E-state index is 10.6. The molecule has 1 heterocycles. The molecule has 2 atom stereocenters. The molecule has 0 aromatic carbocycles. The van der Waals surface area contributed by atoms with Crippen molar-refractivity contribution in [3.05, 3.63) is 0 Å². The molecule has 1 fully saturated rings. The molecule has 0 saturated carbocycles. The molecule has 0 amide bonds. The molecular weight excluding hydrogens is 200 g/mol. The van der Waals surface area contributed by atoms with Crippen LogP contribution in [0.2, 0.25) is 0 Å². The van der Waals surface area contributed by atoms with Crippen molar-refractivity contribution in [1.29, 1.82) is 0 Å². The second kappa shape index (κ2) is 5.09. The van der Waals surface area contributed by atoms with Crippen LogP contribution in [0.5, 0.6) is 0 Å². The SMILES string of the molecule is CN1[C@@H](CC(=O)O)CNC[C@@H]1CC(=O)O. The first-order valence-corrected chi connectivity index (χ1v) is 4.87. The van der Waals surface area contributed by atoms with E-state index in [1.165, 1.54) is 0 Å². The standard InChI is InChI=1S/C9H16N2O4/c1-11-6(2-8(12)13)4-10-5-7(11)3-9(14)15/h6-7,10H,2-5H2,1H3,(H,12,13)(H,14,15)/t6-,7-/m0/s1. The van der Waals surface area contributed by atoms with E-state index in [9.17, 15) is 9.59 Å². The van der Waals surface area contributed by atoms with Crippen LogP contribution in [0.15, 0.2) is 0 Å². The van der Waals surface area contributed by atoms with Gasteiger partial charge in [0.25, 0.3) is 0 Å². The van der Waals surface area contributed by atoms with Gasteiger partial charge in [-0.05, 0) is 7.05 Å². The van der Waals surface area contributed by atoms with E-state index in [-0.39, 0.29) is 24.9 Å². The van der Waals surface area contributed by atoms with Crippen LogP contribution in [0.1, 0.15) is 12.8 Å². The van der Waals surface area contributed by atoms with Gasteiger partial charge in [0, 0.05) is 25.2 Å². The van der Waals surface area contributed by atoms with Crippen LogP contribution >= 0.6 is 0 Å². The molecule has 1 aliphatic rings. The fourth-order valence-electron chi connectivity index (χ4n) is 1.84. The second-order valence-electron chi connectivity index (χ2n) is 3.83. The molecule has 15 heavy (non-hydrogen) atoms. The fraction of sp³-hybridized carbons (Fsp3) is 0.778. The third-order valence-electron chi connectivity index (χ3n) is 2.73. The van der Waals surface area contributed by atoms with Crippen molar-refractivity contribution in [2.45, 2.75) is 24.9 Å². The molecule has 0 unspecified atom stereocenters. The van der Waals surface area contributed by atoms with Gasteiger partial charge < -0.3 is 15.5 Å². The van der Waals surface area contributed by atoms with E-state index in [0.29, 0.717) is 13.1 Å². The lowest BCUT2D eigenvalue weighted by molar-refractivity contribution is -0.139. The lowest BCUT2D eigenvalue weighted by atomic mass is 10.0. The first-order chi connectivity index (χ1) is 7.00. The smallest absolute Gasteiger partial charge is 0.304 e. The van der Waals surface area contributed by atoms with Crippen molar-refractivity contribution in [3.63, 3.8) is 0 Å². The molecule has 1 rings (SSSR count). The zero-order valence-corrected chi connectivity index (χ0v) is 8.64. The Morgan fingerprint density at radius 2 is 1.60 bits per heavy atom. The maximum atomic E-state index is 10.6. The topological polar surface area (TPSA) is 89.9 Å². The van der Waals surface area contributed by atoms with Crippen LogP contribution in [-0.2, 0) is 9.59 Å². The summed E-state index contributed by atoms with van der Waals surface area (Å²) in [7, 11) is 1.78. The highest BCUT2D eigenvalue weighted by molar-refractivity contribution is 5.68. The maximum Gasteiger partial charge on any atom is 0.304 e. The van der Waals surface area contributed by atoms with E-state index in [1.807, 2.05) is 4.90 Å². The molecule has 0 aromatic heterocycles. The summed E-state index contributed by atoms with van der Waals surface area (Å²) >= 11 is 0. The summed E-state index contributed by atoms with van der Waals surface area (Å²) < 4.78 is 0. The first-order valence-electron chi connectivity index (χ1n) is 4.87.